The van der Waals surface area contributed by atoms with Gasteiger partial charge in [0.1, 0.15) is 12.4 Å². The number of aromatic hydroxyl groups is 1. The van der Waals surface area contributed by atoms with Crippen molar-refractivity contribution in [2.75, 3.05) is 7.11 Å². The van der Waals surface area contributed by atoms with Crippen LogP contribution in [-0.2, 0) is 6.61 Å². The molecule has 0 heterocycles. The summed E-state index contributed by atoms with van der Waals surface area (Å²) in [5.41, 5.74) is 4.07. The Morgan fingerprint density at radius 2 is 1.77 bits per heavy atom. The molecule has 0 unspecified atom stereocenters. The molecule has 6 nitrogen and oxygen atoms in total. The number of carbonyl (C=O) groups excluding carboxylic acids is 1. The molecule has 4 aromatic carbocycles. The molecule has 35 heavy (non-hydrogen) atoms. The predicted octanol–water partition coefficient (Wildman–Crippen LogP) is 6.97. The first-order valence-corrected chi connectivity index (χ1v) is 11.9. The molecule has 4 aromatic rings. The van der Waals surface area contributed by atoms with Crippen LogP contribution in [-0.4, -0.2) is 24.3 Å². The zero-order chi connectivity index (χ0) is 24.9. The van der Waals surface area contributed by atoms with Crippen molar-refractivity contribution in [1.29, 1.82) is 0 Å². The number of phenols is 1. The lowest BCUT2D eigenvalue weighted by Gasteiger charge is -2.13. The smallest absolute Gasteiger partial charge is 0.275 e. The molecule has 2 N–H and O–H groups in total. The standard InChI is InChI=1S/C26H19BrCl2N2O4/c1-34-24-11-18(20(27)12-25(24)35-14-15-6-7-21(28)22(29)8-15)13-30-31-26(33)19-9-16-4-2-3-5-17(16)10-23(19)32/h2-13,32H,14H2,1H3,(H,31,33). The van der Waals surface area contributed by atoms with Crippen molar-refractivity contribution in [1.82, 2.24) is 5.43 Å². The van der Waals surface area contributed by atoms with Crippen molar-refractivity contribution in [3.05, 3.63) is 97.9 Å². The predicted molar refractivity (Wildman–Crippen MR) is 142 cm³/mol. The van der Waals surface area contributed by atoms with Crippen molar-refractivity contribution in [2.24, 2.45) is 5.10 Å². The van der Waals surface area contributed by atoms with Gasteiger partial charge in [0.15, 0.2) is 11.5 Å². The number of methoxy groups -OCH3 is 1. The molecule has 0 fully saturated rings. The fourth-order valence-corrected chi connectivity index (χ4v) is 4.09. The average molecular weight is 574 g/mol. The van der Waals surface area contributed by atoms with Gasteiger partial charge in [-0.15, -0.1) is 0 Å². The fraction of sp³-hybridized carbons (Fsp3) is 0.0769. The summed E-state index contributed by atoms with van der Waals surface area (Å²) in [7, 11) is 1.53. The number of hydrogen-bond donors (Lipinski definition) is 2. The molecule has 0 atom stereocenters. The molecule has 0 bridgehead atoms. The first-order chi connectivity index (χ1) is 16.9. The molecule has 0 radical (unpaired) electrons. The maximum absolute atomic E-state index is 12.6. The number of ether oxygens (including phenoxy) is 2. The van der Waals surface area contributed by atoms with Crippen LogP contribution in [0.2, 0.25) is 10.0 Å². The number of carbonyl (C=O) groups is 1. The number of hydrazone groups is 1. The minimum atomic E-state index is -0.533. The van der Waals surface area contributed by atoms with Crippen molar-refractivity contribution in [3.8, 4) is 17.2 Å². The van der Waals surface area contributed by atoms with E-state index in [1.54, 1.807) is 36.4 Å². The number of rotatable bonds is 7. The Kier molecular flexibility index (Phi) is 7.80. The van der Waals surface area contributed by atoms with Crippen LogP contribution < -0.4 is 14.9 Å². The molecule has 0 aliphatic rings. The second-order valence-electron chi connectivity index (χ2n) is 7.48. The lowest BCUT2D eigenvalue weighted by Crippen LogP contribution is -2.17. The van der Waals surface area contributed by atoms with Crippen molar-refractivity contribution in [2.45, 2.75) is 6.61 Å². The Morgan fingerprint density at radius 1 is 1.03 bits per heavy atom. The van der Waals surface area contributed by atoms with Gasteiger partial charge in [-0.05, 0) is 68.7 Å². The molecule has 0 aliphatic heterocycles. The van der Waals surface area contributed by atoms with Crippen LogP contribution in [0.4, 0.5) is 0 Å². The summed E-state index contributed by atoms with van der Waals surface area (Å²) >= 11 is 15.5. The Bertz CT molecular complexity index is 1440. The van der Waals surface area contributed by atoms with Gasteiger partial charge >= 0.3 is 0 Å². The Balaban J connectivity index is 1.47. The van der Waals surface area contributed by atoms with Gasteiger partial charge in [-0.3, -0.25) is 4.79 Å². The van der Waals surface area contributed by atoms with E-state index in [0.717, 1.165) is 16.3 Å². The molecule has 0 saturated heterocycles. The average Bonchev–Trinajstić information content (AvgIpc) is 2.85. The van der Waals surface area contributed by atoms with Crippen LogP contribution in [0.25, 0.3) is 10.8 Å². The van der Waals surface area contributed by atoms with Gasteiger partial charge in [-0.25, -0.2) is 5.43 Å². The molecule has 0 saturated carbocycles. The summed E-state index contributed by atoms with van der Waals surface area (Å²) in [6.07, 6.45) is 1.46. The molecule has 0 aliphatic carbocycles. The van der Waals surface area contributed by atoms with Crippen molar-refractivity contribution in [3.63, 3.8) is 0 Å². The van der Waals surface area contributed by atoms with Gasteiger partial charge in [0.2, 0.25) is 0 Å². The third-order valence-corrected chi connectivity index (χ3v) is 6.57. The molecule has 1 amide bonds. The number of fused-ring (bicyclic) bond motifs is 1. The summed E-state index contributed by atoms with van der Waals surface area (Å²) in [4.78, 5) is 12.6. The van der Waals surface area contributed by atoms with Crippen LogP contribution in [0.3, 0.4) is 0 Å². The zero-order valence-corrected chi connectivity index (χ0v) is 21.5. The monoisotopic (exact) mass is 572 g/mol. The summed E-state index contributed by atoms with van der Waals surface area (Å²) in [5.74, 6) is 0.331. The maximum Gasteiger partial charge on any atom is 0.275 e. The Hall–Kier alpha value is -3.26. The van der Waals surface area contributed by atoms with Crippen LogP contribution in [0, 0.1) is 0 Å². The van der Waals surface area contributed by atoms with E-state index in [4.69, 9.17) is 32.7 Å². The van der Waals surface area contributed by atoms with Gasteiger partial charge in [0.05, 0.1) is 28.9 Å². The third-order valence-electron chi connectivity index (χ3n) is 5.14. The molecule has 4 rings (SSSR count). The van der Waals surface area contributed by atoms with Crippen LogP contribution >= 0.6 is 39.1 Å². The highest BCUT2D eigenvalue weighted by molar-refractivity contribution is 9.10. The normalized spacial score (nSPS) is 11.1. The van der Waals surface area contributed by atoms with Gasteiger partial charge in [-0.2, -0.15) is 5.10 Å². The quantitative estimate of drug-likeness (QED) is 0.185. The summed E-state index contributed by atoms with van der Waals surface area (Å²) < 4.78 is 12.0. The molecular formula is C26H19BrCl2N2O4. The van der Waals surface area contributed by atoms with Crippen LogP contribution in [0.15, 0.2) is 76.3 Å². The largest absolute Gasteiger partial charge is 0.507 e. The Labute approximate surface area is 220 Å². The second-order valence-corrected chi connectivity index (χ2v) is 9.15. The number of halogens is 3. The third kappa shape index (κ3) is 5.88. The van der Waals surface area contributed by atoms with E-state index >= 15 is 0 Å². The number of phenolic OH excluding ortho intramolecular Hbond substituents is 1. The first-order valence-electron chi connectivity index (χ1n) is 10.3. The van der Waals surface area contributed by atoms with E-state index in [1.807, 2.05) is 30.3 Å². The van der Waals surface area contributed by atoms with E-state index in [2.05, 4.69) is 26.5 Å². The van der Waals surface area contributed by atoms with Gasteiger partial charge in [0, 0.05) is 10.0 Å². The zero-order valence-electron chi connectivity index (χ0n) is 18.4. The van der Waals surface area contributed by atoms with E-state index < -0.39 is 5.91 Å². The number of nitrogens with zero attached hydrogens (tertiary/aromatic N) is 1. The van der Waals surface area contributed by atoms with Gasteiger partial charge < -0.3 is 14.6 Å². The minimum absolute atomic E-state index is 0.122. The van der Waals surface area contributed by atoms with Crippen LogP contribution in [0.1, 0.15) is 21.5 Å². The molecule has 0 spiro atoms. The SMILES string of the molecule is COc1cc(C=NNC(=O)c2cc3ccccc3cc2O)c(Br)cc1OCc1ccc(Cl)c(Cl)c1. The van der Waals surface area contributed by atoms with Crippen LogP contribution in [0.5, 0.6) is 17.2 Å². The number of nitrogens with one attached hydrogen (secondary N) is 1. The minimum Gasteiger partial charge on any atom is -0.507 e. The summed E-state index contributed by atoms with van der Waals surface area (Å²) in [5, 5.41) is 16.9. The summed E-state index contributed by atoms with van der Waals surface area (Å²) in [6.45, 7) is 0.262. The second kappa shape index (κ2) is 11.0. The van der Waals surface area contributed by atoms with E-state index in [9.17, 15) is 9.90 Å². The molecule has 9 heteroatoms. The fourth-order valence-electron chi connectivity index (χ4n) is 3.34. The molecule has 178 valence electrons. The highest BCUT2D eigenvalue weighted by Gasteiger charge is 2.13. The molecule has 0 aromatic heterocycles. The number of amides is 1. The van der Waals surface area contributed by atoms with Gasteiger partial charge in [0.25, 0.3) is 5.91 Å². The lowest BCUT2D eigenvalue weighted by atomic mass is 10.1. The van der Waals surface area contributed by atoms with E-state index in [1.165, 1.54) is 13.3 Å². The highest BCUT2D eigenvalue weighted by Crippen LogP contribution is 2.34. The van der Waals surface area contributed by atoms with E-state index in [-0.39, 0.29) is 17.9 Å². The topological polar surface area (TPSA) is 80.2 Å². The number of benzene rings is 4. The Morgan fingerprint density at radius 3 is 2.49 bits per heavy atom. The maximum atomic E-state index is 12.6. The number of hydrogen-bond acceptors (Lipinski definition) is 5. The lowest BCUT2D eigenvalue weighted by molar-refractivity contribution is 0.0952. The van der Waals surface area contributed by atoms with Crippen molar-refractivity contribution < 1.29 is 19.4 Å². The van der Waals surface area contributed by atoms with Gasteiger partial charge in [-0.1, -0.05) is 53.5 Å². The molecular weight excluding hydrogens is 555 g/mol. The highest BCUT2D eigenvalue weighted by atomic mass is 79.9. The first kappa shape index (κ1) is 24.9. The van der Waals surface area contributed by atoms with Crippen molar-refractivity contribution >= 4 is 62.0 Å². The summed E-state index contributed by atoms with van der Waals surface area (Å²) in [6, 6.07) is 19.4. The van der Waals surface area contributed by atoms with E-state index in [0.29, 0.717) is 31.6 Å².